The Kier molecular flexibility index (Phi) is 6.58. The average Bonchev–Trinajstić information content (AvgIpc) is 3.28. The molecule has 2 aliphatic heterocycles. The first kappa shape index (κ1) is 22.8. The monoisotopic (exact) mass is 472 g/mol. The summed E-state index contributed by atoms with van der Waals surface area (Å²) in [7, 11) is 0. The Hall–Kier alpha value is -3.98. The van der Waals surface area contributed by atoms with Gasteiger partial charge < -0.3 is 25.2 Å². The fourth-order valence-electron chi connectivity index (χ4n) is 4.31. The number of aromatic nitrogens is 2. The number of aryl methyl sites for hydroxylation is 1. The van der Waals surface area contributed by atoms with E-state index >= 15 is 0 Å². The SMILES string of the molecule is Cc1cc(N2CCOCC2)nc(Nc2ccc(NC(=O)[C@H]3CC(=O)N(c4ccccc4)C3)cc2)n1. The Morgan fingerprint density at radius 3 is 2.46 bits per heavy atom. The minimum Gasteiger partial charge on any atom is -0.378 e. The molecule has 3 heterocycles. The Balaban J connectivity index is 1.20. The molecule has 9 nitrogen and oxygen atoms in total. The summed E-state index contributed by atoms with van der Waals surface area (Å²) in [5, 5.41) is 6.18. The Morgan fingerprint density at radius 1 is 1.00 bits per heavy atom. The van der Waals surface area contributed by atoms with Crippen LogP contribution >= 0.6 is 0 Å². The first-order valence-corrected chi connectivity index (χ1v) is 11.8. The highest BCUT2D eigenvalue weighted by Gasteiger charge is 2.35. The Labute approximate surface area is 204 Å². The zero-order valence-corrected chi connectivity index (χ0v) is 19.6. The van der Waals surface area contributed by atoms with Crippen LogP contribution < -0.4 is 20.4 Å². The predicted octanol–water partition coefficient (Wildman–Crippen LogP) is 3.36. The van der Waals surface area contributed by atoms with Crippen molar-refractivity contribution in [3.05, 3.63) is 66.4 Å². The summed E-state index contributed by atoms with van der Waals surface area (Å²) < 4.78 is 5.43. The van der Waals surface area contributed by atoms with Crippen molar-refractivity contribution in [3.63, 3.8) is 0 Å². The third-order valence-electron chi connectivity index (χ3n) is 6.15. The molecule has 0 unspecified atom stereocenters. The molecular weight excluding hydrogens is 444 g/mol. The van der Waals surface area contributed by atoms with Crippen molar-refractivity contribution in [1.82, 2.24) is 9.97 Å². The average molecular weight is 473 g/mol. The van der Waals surface area contributed by atoms with Crippen molar-refractivity contribution in [2.75, 3.05) is 53.3 Å². The summed E-state index contributed by atoms with van der Waals surface area (Å²) in [4.78, 5) is 38.2. The van der Waals surface area contributed by atoms with Gasteiger partial charge in [-0.25, -0.2) is 4.98 Å². The number of hydrogen-bond acceptors (Lipinski definition) is 7. The number of ether oxygens (including phenoxy) is 1. The molecule has 1 atom stereocenters. The quantitative estimate of drug-likeness (QED) is 0.568. The van der Waals surface area contributed by atoms with Gasteiger partial charge in [0.25, 0.3) is 0 Å². The van der Waals surface area contributed by atoms with E-state index in [4.69, 9.17) is 4.74 Å². The van der Waals surface area contributed by atoms with Crippen LogP contribution in [0.25, 0.3) is 0 Å². The largest absolute Gasteiger partial charge is 0.378 e. The molecule has 1 aromatic heterocycles. The molecule has 0 spiro atoms. The van der Waals surface area contributed by atoms with Crippen molar-refractivity contribution >= 4 is 40.6 Å². The van der Waals surface area contributed by atoms with E-state index in [1.807, 2.05) is 67.6 Å². The second-order valence-corrected chi connectivity index (χ2v) is 8.72. The van der Waals surface area contributed by atoms with Gasteiger partial charge in [0, 0.05) is 54.9 Å². The maximum atomic E-state index is 12.8. The highest BCUT2D eigenvalue weighted by Crippen LogP contribution is 2.26. The summed E-state index contributed by atoms with van der Waals surface area (Å²) in [6.45, 7) is 5.32. The van der Waals surface area contributed by atoms with E-state index in [-0.39, 0.29) is 24.2 Å². The molecule has 0 aliphatic carbocycles. The zero-order chi connectivity index (χ0) is 24.2. The minimum atomic E-state index is -0.389. The van der Waals surface area contributed by atoms with Gasteiger partial charge >= 0.3 is 0 Å². The fraction of sp³-hybridized carbons (Fsp3) is 0.308. The number of nitrogens with one attached hydrogen (secondary N) is 2. The first-order chi connectivity index (χ1) is 17.0. The molecule has 3 aromatic rings. The van der Waals surface area contributed by atoms with E-state index in [0.717, 1.165) is 36.0 Å². The maximum Gasteiger partial charge on any atom is 0.229 e. The third kappa shape index (κ3) is 5.41. The third-order valence-corrected chi connectivity index (χ3v) is 6.15. The van der Waals surface area contributed by atoms with Crippen molar-refractivity contribution < 1.29 is 14.3 Å². The minimum absolute atomic E-state index is 0.0366. The van der Waals surface area contributed by atoms with E-state index < -0.39 is 0 Å². The van der Waals surface area contributed by atoms with Gasteiger partial charge in [-0.15, -0.1) is 0 Å². The number of amides is 2. The van der Waals surface area contributed by atoms with Gasteiger partial charge in [0.1, 0.15) is 5.82 Å². The van der Waals surface area contributed by atoms with Crippen molar-refractivity contribution in [2.24, 2.45) is 5.92 Å². The van der Waals surface area contributed by atoms with E-state index in [1.54, 1.807) is 4.90 Å². The van der Waals surface area contributed by atoms with Gasteiger partial charge in [-0.05, 0) is 43.3 Å². The fourth-order valence-corrected chi connectivity index (χ4v) is 4.31. The molecule has 0 bridgehead atoms. The van der Waals surface area contributed by atoms with Gasteiger partial charge in [-0.2, -0.15) is 4.98 Å². The highest BCUT2D eigenvalue weighted by molar-refractivity contribution is 6.03. The van der Waals surface area contributed by atoms with Crippen LogP contribution in [0.2, 0.25) is 0 Å². The molecule has 2 aromatic carbocycles. The van der Waals surface area contributed by atoms with Crippen molar-refractivity contribution in [1.29, 1.82) is 0 Å². The van der Waals surface area contributed by atoms with Crippen LogP contribution in [-0.4, -0.2) is 54.6 Å². The number of nitrogens with zero attached hydrogens (tertiary/aromatic N) is 4. The lowest BCUT2D eigenvalue weighted by Crippen LogP contribution is -2.36. The topological polar surface area (TPSA) is 99.7 Å². The number of morpholine rings is 1. The van der Waals surface area contributed by atoms with Crippen molar-refractivity contribution in [2.45, 2.75) is 13.3 Å². The number of rotatable bonds is 6. The standard InChI is InChI=1S/C26H28N6O3/c1-18-15-23(31-11-13-35-14-12-31)30-26(27-18)29-21-9-7-20(8-10-21)28-25(34)19-16-24(33)32(17-19)22-5-3-2-4-6-22/h2-10,15,19H,11-14,16-17H2,1H3,(H,28,34)(H,27,29,30)/t19-/m0/s1. The molecule has 2 amide bonds. The van der Waals surface area contributed by atoms with E-state index in [9.17, 15) is 9.59 Å². The zero-order valence-electron chi connectivity index (χ0n) is 19.6. The van der Waals surface area contributed by atoms with Gasteiger partial charge in [0.15, 0.2) is 0 Å². The lowest BCUT2D eigenvalue weighted by Gasteiger charge is -2.28. The van der Waals surface area contributed by atoms with Gasteiger partial charge in [-0.1, -0.05) is 18.2 Å². The van der Waals surface area contributed by atoms with Crippen molar-refractivity contribution in [3.8, 4) is 0 Å². The summed E-state index contributed by atoms with van der Waals surface area (Å²) in [5.74, 6) is 0.816. The number of benzene rings is 2. The summed E-state index contributed by atoms with van der Waals surface area (Å²) in [6, 6.07) is 18.8. The number of para-hydroxylation sites is 1. The molecule has 2 aliphatic rings. The number of carbonyl (C=O) groups is 2. The van der Waals surface area contributed by atoms with Crippen LogP contribution in [0.5, 0.6) is 0 Å². The lowest BCUT2D eigenvalue weighted by molar-refractivity contribution is -0.122. The normalized spacial score (nSPS) is 18.0. The van der Waals surface area contributed by atoms with Crippen LogP contribution in [0.4, 0.5) is 28.8 Å². The summed E-state index contributed by atoms with van der Waals surface area (Å²) >= 11 is 0. The molecule has 2 fully saturated rings. The summed E-state index contributed by atoms with van der Waals surface area (Å²) in [5.41, 5.74) is 3.18. The molecule has 2 saturated heterocycles. The molecule has 0 saturated carbocycles. The van der Waals surface area contributed by atoms with Gasteiger partial charge in [0.05, 0.1) is 19.1 Å². The molecular formula is C26H28N6O3. The van der Waals surface area contributed by atoms with Gasteiger partial charge in [-0.3, -0.25) is 9.59 Å². The molecule has 5 rings (SSSR count). The lowest BCUT2D eigenvalue weighted by atomic mass is 10.1. The second kappa shape index (κ2) is 10.1. The van der Waals surface area contributed by atoms with E-state index in [1.165, 1.54) is 0 Å². The predicted molar refractivity (Wildman–Crippen MR) is 135 cm³/mol. The van der Waals surface area contributed by atoms with E-state index in [2.05, 4.69) is 25.5 Å². The van der Waals surface area contributed by atoms with Crippen LogP contribution in [0, 0.1) is 12.8 Å². The van der Waals surface area contributed by atoms with Crippen LogP contribution in [0.15, 0.2) is 60.7 Å². The number of hydrogen-bond donors (Lipinski definition) is 2. The van der Waals surface area contributed by atoms with Gasteiger partial charge in [0.2, 0.25) is 17.8 Å². The van der Waals surface area contributed by atoms with Crippen LogP contribution in [0.3, 0.4) is 0 Å². The maximum absolute atomic E-state index is 12.8. The Morgan fingerprint density at radius 2 is 1.71 bits per heavy atom. The van der Waals surface area contributed by atoms with E-state index in [0.29, 0.717) is 31.4 Å². The molecule has 2 N–H and O–H groups in total. The number of carbonyl (C=O) groups excluding carboxylic acids is 2. The van der Waals surface area contributed by atoms with Crippen LogP contribution in [-0.2, 0) is 14.3 Å². The highest BCUT2D eigenvalue weighted by atomic mass is 16.5. The first-order valence-electron chi connectivity index (χ1n) is 11.8. The molecule has 0 radical (unpaired) electrons. The molecule has 9 heteroatoms. The molecule has 35 heavy (non-hydrogen) atoms. The van der Waals surface area contributed by atoms with Crippen LogP contribution in [0.1, 0.15) is 12.1 Å². The smallest absolute Gasteiger partial charge is 0.229 e. The Bertz CT molecular complexity index is 1200. The number of anilines is 5. The summed E-state index contributed by atoms with van der Waals surface area (Å²) in [6.07, 6.45) is 0.205. The molecule has 180 valence electrons. The second-order valence-electron chi connectivity index (χ2n) is 8.72.